The minimum atomic E-state index is -0.436. The molecule has 0 aromatic carbocycles. The van der Waals surface area contributed by atoms with Gasteiger partial charge in [-0.25, -0.2) is 4.79 Å². The van der Waals surface area contributed by atoms with Crippen LogP contribution in [0.4, 0.5) is 4.79 Å². The molecule has 0 unspecified atom stereocenters. The average molecular weight is 282 g/mol. The fourth-order valence-corrected chi connectivity index (χ4v) is 3.26. The van der Waals surface area contributed by atoms with Crippen LogP contribution in [0.1, 0.15) is 46.5 Å². The van der Waals surface area contributed by atoms with E-state index in [-0.39, 0.29) is 17.2 Å². The Morgan fingerprint density at radius 1 is 1.30 bits per heavy atom. The molecule has 2 spiro atoms. The zero-order chi connectivity index (χ0) is 14.4. The number of likely N-dealkylation sites (tertiary alicyclic amines) is 1. The van der Waals surface area contributed by atoms with Crippen LogP contribution in [0.15, 0.2) is 0 Å². The molecule has 3 rings (SSSR count). The molecule has 0 radical (unpaired) electrons. The van der Waals surface area contributed by atoms with Gasteiger partial charge in [0, 0.05) is 18.6 Å². The number of amides is 1. The van der Waals surface area contributed by atoms with Crippen molar-refractivity contribution in [2.75, 3.05) is 26.2 Å². The first-order chi connectivity index (χ1) is 9.32. The van der Waals surface area contributed by atoms with Gasteiger partial charge in [-0.15, -0.1) is 0 Å². The Balaban J connectivity index is 1.55. The topological polar surface area (TPSA) is 50.8 Å². The van der Waals surface area contributed by atoms with E-state index in [1.54, 1.807) is 4.90 Å². The highest BCUT2D eigenvalue weighted by molar-refractivity contribution is 5.68. The Hall–Kier alpha value is -0.810. The number of carbonyl (C=O) groups excluding carboxylic acids is 1. The van der Waals surface area contributed by atoms with Gasteiger partial charge in [-0.3, -0.25) is 0 Å². The molecule has 1 amide bonds. The second kappa shape index (κ2) is 4.60. The summed E-state index contributed by atoms with van der Waals surface area (Å²) in [6.07, 6.45) is 4.42. The van der Waals surface area contributed by atoms with Gasteiger partial charge in [-0.05, 0) is 46.5 Å². The van der Waals surface area contributed by atoms with Crippen molar-refractivity contribution in [3.05, 3.63) is 0 Å². The van der Waals surface area contributed by atoms with Gasteiger partial charge in [-0.1, -0.05) is 0 Å². The molecular formula is C15H26N2O3. The van der Waals surface area contributed by atoms with Crippen molar-refractivity contribution >= 4 is 6.09 Å². The van der Waals surface area contributed by atoms with Gasteiger partial charge in [0.15, 0.2) is 0 Å². The predicted octanol–water partition coefficient (Wildman–Crippen LogP) is 1.91. The van der Waals surface area contributed by atoms with Crippen molar-refractivity contribution in [3.63, 3.8) is 0 Å². The number of hydrogen-bond donors (Lipinski definition) is 1. The summed E-state index contributed by atoms with van der Waals surface area (Å²) in [5, 5.41) is 3.67. The number of carbonyl (C=O) groups is 1. The number of ether oxygens (including phenoxy) is 2. The monoisotopic (exact) mass is 282 g/mol. The van der Waals surface area contributed by atoms with E-state index in [1.165, 1.54) is 19.3 Å². The van der Waals surface area contributed by atoms with Crippen molar-refractivity contribution in [2.24, 2.45) is 0 Å². The van der Waals surface area contributed by atoms with Gasteiger partial charge in [0.2, 0.25) is 0 Å². The highest BCUT2D eigenvalue weighted by Crippen LogP contribution is 2.39. The average Bonchev–Trinajstić information content (AvgIpc) is 2.71. The zero-order valence-electron chi connectivity index (χ0n) is 12.8. The normalized spacial score (nSPS) is 32.5. The molecular weight excluding hydrogens is 256 g/mol. The fourth-order valence-electron chi connectivity index (χ4n) is 3.26. The quantitative estimate of drug-likeness (QED) is 0.737. The van der Waals surface area contributed by atoms with E-state index in [9.17, 15) is 4.79 Å². The molecule has 0 aromatic rings. The minimum Gasteiger partial charge on any atom is -0.444 e. The summed E-state index contributed by atoms with van der Waals surface area (Å²) >= 11 is 0. The highest BCUT2D eigenvalue weighted by atomic mass is 16.6. The Kier molecular flexibility index (Phi) is 3.25. The number of morpholine rings is 1. The molecule has 1 saturated carbocycles. The number of nitrogens with one attached hydrogen (secondary N) is 1. The lowest BCUT2D eigenvalue weighted by Gasteiger charge is -2.50. The van der Waals surface area contributed by atoms with Crippen molar-refractivity contribution in [1.29, 1.82) is 0 Å². The molecule has 0 bridgehead atoms. The Bertz CT molecular complexity index is 388. The van der Waals surface area contributed by atoms with Gasteiger partial charge >= 0.3 is 6.09 Å². The molecule has 114 valence electrons. The SMILES string of the molecule is CC(C)(C)OC(=O)N1CC[C@]2(CNC3(CCC3)CO2)C1. The van der Waals surface area contributed by atoms with Crippen LogP contribution in [-0.2, 0) is 9.47 Å². The van der Waals surface area contributed by atoms with Crippen LogP contribution in [0, 0.1) is 0 Å². The molecule has 3 fully saturated rings. The maximum absolute atomic E-state index is 12.1. The summed E-state index contributed by atoms with van der Waals surface area (Å²) in [6.45, 7) is 8.71. The van der Waals surface area contributed by atoms with Gasteiger partial charge < -0.3 is 19.7 Å². The molecule has 1 N–H and O–H groups in total. The molecule has 0 aromatic heterocycles. The van der Waals surface area contributed by atoms with E-state index in [1.807, 2.05) is 20.8 Å². The van der Waals surface area contributed by atoms with E-state index in [0.717, 1.165) is 26.1 Å². The number of nitrogens with zero attached hydrogens (tertiary/aromatic N) is 1. The van der Waals surface area contributed by atoms with Gasteiger partial charge in [-0.2, -0.15) is 0 Å². The Morgan fingerprint density at radius 3 is 2.55 bits per heavy atom. The van der Waals surface area contributed by atoms with Crippen LogP contribution in [-0.4, -0.2) is 54.0 Å². The molecule has 20 heavy (non-hydrogen) atoms. The number of rotatable bonds is 0. The molecule has 2 aliphatic heterocycles. The van der Waals surface area contributed by atoms with Crippen molar-refractivity contribution < 1.29 is 14.3 Å². The lowest BCUT2D eigenvalue weighted by atomic mass is 9.75. The Labute approximate surface area is 121 Å². The third-order valence-corrected chi connectivity index (χ3v) is 4.72. The van der Waals surface area contributed by atoms with Crippen LogP contribution in [0.25, 0.3) is 0 Å². The first-order valence-corrected chi connectivity index (χ1v) is 7.69. The lowest BCUT2D eigenvalue weighted by molar-refractivity contribution is -0.119. The van der Waals surface area contributed by atoms with E-state index < -0.39 is 5.60 Å². The highest BCUT2D eigenvalue weighted by Gasteiger charge is 2.50. The van der Waals surface area contributed by atoms with Crippen molar-refractivity contribution in [3.8, 4) is 0 Å². The minimum absolute atomic E-state index is 0.197. The van der Waals surface area contributed by atoms with Gasteiger partial charge in [0.25, 0.3) is 0 Å². The first kappa shape index (κ1) is 14.1. The van der Waals surface area contributed by atoms with Crippen LogP contribution < -0.4 is 5.32 Å². The van der Waals surface area contributed by atoms with Gasteiger partial charge in [0.05, 0.1) is 18.8 Å². The second-order valence-electron chi connectivity index (χ2n) is 7.61. The smallest absolute Gasteiger partial charge is 0.410 e. The maximum atomic E-state index is 12.1. The van der Waals surface area contributed by atoms with Crippen LogP contribution in [0.3, 0.4) is 0 Å². The van der Waals surface area contributed by atoms with E-state index in [2.05, 4.69) is 5.32 Å². The molecule has 3 aliphatic rings. The molecule has 5 heteroatoms. The fraction of sp³-hybridized carbons (Fsp3) is 0.933. The van der Waals surface area contributed by atoms with Gasteiger partial charge in [0.1, 0.15) is 5.60 Å². The predicted molar refractivity (Wildman–Crippen MR) is 75.7 cm³/mol. The molecule has 2 heterocycles. The summed E-state index contributed by atoms with van der Waals surface area (Å²) in [5.74, 6) is 0. The summed E-state index contributed by atoms with van der Waals surface area (Å²) in [7, 11) is 0. The molecule has 1 aliphatic carbocycles. The Morgan fingerprint density at radius 2 is 2.05 bits per heavy atom. The van der Waals surface area contributed by atoms with E-state index in [0.29, 0.717) is 6.54 Å². The largest absolute Gasteiger partial charge is 0.444 e. The second-order valence-corrected chi connectivity index (χ2v) is 7.61. The summed E-state index contributed by atoms with van der Waals surface area (Å²) in [4.78, 5) is 13.9. The molecule has 2 saturated heterocycles. The van der Waals surface area contributed by atoms with E-state index >= 15 is 0 Å². The first-order valence-electron chi connectivity index (χ1n) is 7.69. The summed E-state index contributed by atoms with van der Waals surface area (Å²) < 4.78 is 11.6. The lowest BCUT2D eigenvalue weighted by Crippen LogP contribution is -2.65. The van der Waals surface area contributed by atoms with Crippen LogP contribution >= 0.6 is 0 Å². The van der Waals surface area contributed by atoms with E-state index in [4.69, 9.17) is 9.47 Å². The standard InChI is InChI=1S/C15H26N2O3/c1-13(2,3)20-12(18)17-8-7-15(10-17)9-16-14(11-19-15)5-4-6-14/h16H,4-11H2,1-3H3/t15-/m0/s1. The summed E-state index contributed by atoms with van der Waals surface area (Å²) in [6, 6.07) is 0. The molecule has 1 atom stereocenters. The third kappa shape index (κ3) is 2.66. The van der Waals surface area contributed by atoms with Crippen LogP contribution in [0.5, 0.6) is 0 Å². The van der Waals surface area contributed by atoms with Crippen LogP contribution in [0.2, 0.25) is 0 Å². The zero-order valence-corrected chi connectivity index (χ0v) is 12.8. The maximum Gasteiger partial charge on any atom is 0.410 e. The number of hydrogen-bond acceptors (Lipinski definition) is 4. The molecule has 5 nitrogen and oxygen atoms in total. The summed E-state index contributed by atoms with van der Waals surface area (Å²) in [5.41, 5.74) is -0.392. The van der Waals surface area contributed by atoms with Crippen molar-refractivity contribution in [2.45, 2.75) is 63.2 Å². The van der Waals surface area contributed by atoms with Crippen molar-refractivity contribution in [1.82, 2.24) is 10.2 Å². The third-order valence-electron chi connectivity index (χ3n) is 4.72.